The van der Waals surface area contributed by atoms with Crippen molar-refractivity contribution in [2.45, 2.75) is 12.1 Å². The molecule has 8 nitrogen and oxygen atoms in total. The predicted molar refractivity (Wildman–Crippen MR) is 124 cm³/mol. The number of nitro groups is 1. The van der Waals surface area contributed by atoms with Gasteiger partial charge in [0, 0.05) is 29.1 Å². The molecule has 0 radical (unpaired) electrons. The summed E-state index contributed by atoms with van der Waals surface area (Å²) in [5.74, 6) is 0.562. The largest absolute Gasteiger partial charge is 0.325 e. The molecule has 0 bridgehead atoms. The first kappa shape index (κ1) is 21.3. The molecular formula is C23H19N5O3S. The number of nitrogens with one attached hydrogen (secondary N) is 1. The Hall–Kier alpha value is -3.98. The molecule has 1 aromatic heterocycles. The minimum atomic E-state index is -0.482. The van der Waals surface area contributed by atoms with Crippen molar-refractivity contribution in [2.24, 2.45) is 0 Å². The van der Waals surface area contributed by atoms with Gasteiger partial charge in [-0.1, -0.05) is 54.2 Å². The van der Waals surface area contributed by atoms with E-state index in [1.807, 2.05) is 66.1 Å². The Labute approximate surface area is 188 Å². The highest BCUT2D eigenvalue weighted by atomic mass is 32.2. The fourth-order valence-electron chi connectivity index (χ4n) is 3.17. The van der Waals surface area contributed by atoms with E-state index in [9.17, 15) is 14.9 Å². The summed E-state index contributed by atoms with van der Waals surface area (Å²) in [6.07, 6.45) is 0. The number of amides is 1. The van der Waals surface area contributed by atoms with E-state index in [-0.39, 0.29) is 17.3 Å². The van der Waals surface area contributed by atoms with Crippen LogP contribution in [0.25, 0.3) is 17.1 Å². The molecule has 32 heavy (non-hydrogen) atoms. The van der Waals surface area contributed by atoms with Crippen LogP contribution in [0.3, 0.4) is 0 Å². The molecular weight excluding hydrogens is 426 g/mol. The average Bonchev–Trinajstić information content (AvgIpc) is 3.22. The van der Waals surface area contributed by atoms with E-state index in [0.717, 1.165) is 16.8 Å². The van der Waals surface area contributed by atoms with Crippen molar-refractivity contribution in [3.63, 3.8) is 0 Å². The van der Waals surface area contributed by atoms with Gasteiger partial charge in [-0.15, -0.1) is 10.2 Å². The molecule has 0 unspecified atom stereocenters. The number of para-hydroxylation sites is 1. The topological polar surface area (TPSA) is 103 Å². The number of non-ortho nitro benzene ring substituents is 1. The van der Waals surface area contributed by atoms with Crippen LogP contribution in [-0.2, 0) is 4.79 Å². The molecule has 0 saturated carbocycles. The number of hydrogen-bond acceptors (Lipinski definition) is 6. The number of nitrogens with zero attached hydrogens (tertiary/aromatic N) is 4. The van der Waals surface area contributed by atoms with Gasteiger partial charge in [0.1, 0.15) is 0 Å². The van der Waals surface area contributed by atoms with Crippen LogP contribution in [0.4, 0.5) is 11.4 Å². The summed E-state index contributed by atoms with van der Waals surface area (Å²) < 4.78 is 1.94. The summed E-state index contributed by atoms with van der Waals surface area (Å²) in [6.45, 7) is 2.02. The molecule has 1 amide bonds. The fourth-order valence-corrected chi connectivity index (χ4v) is 3.92. The number of anilines is 1. The van der Waals surface area contributed by atoms with Crippen LogP contribution in [0.1, 0.15) is 5.56 Å². The number of aryl methyl sites for hydroxylation is 1. The molecule has 1 N–H and O–H groups in total. The number of hydrogen-bond donors (Lipinski definition) is 1. The third-order valence-corrected chi connectivity index (χ3v) is 5.66. The fraction of sp³-hybridized carbons (Fsp3) is 0.0870. The molecule has 0 aliphatic carbocycles. The summed E-state index contributed by atoms with van der Waals surface area (Å²) >= 11 is 1.27. The maximum absolute atomic E-state index is 12.5. The second kappa shape index (κ2) is 9.44. The smallest absolute Gasteiger partial charge is 0.269 e. The maximum atomic E-state index is 12.5. The predicted octanol–water partition coefficient (Wildman–Crippen LogP) is 4.88. The normalized spacial score (nSPS) is 10.7. The summed E-state index contributed by atoms with van der Waals surface area (Å²) in [5, 5.41) is 22.9. The summed E-state index contributed by atoms with van der Waals surface area (Å²) in [6, 6.07) is 23.4. The maximum Gasteiger partial charge on any atom is 0.269 e. The van der Waals surface area contributed by atoms with E-state index in [1.165, 1.54) is 36.0 Å². The first-order chi connectivity index (χ1) is 15.5. The van der Waals surface area contributed by atoms with Crippen LogP contribution in [0.2, 0.25) is 0 Å². The Morgan fingerprint density at radius 2 is 1.69 bits per heavy atom. The SMILES string of the molecule is Cc1ccccc1-c1nnc(SCC(=O)Nc2ccc([N+](=O)[O-])cc2)n1-c1ccccc1. The second-order valence-electron chi connectivity index (χ2n) is 6.93. The molecule has 4 aromatic rings. The van der Waals surface area contributed by atoms with E-state index in [0.29, 0.717) is 16.7 Å². The van der Waals surface area contributed by atoms with E-state index >= 15 is 0 Å². The van der Waals surface area contributed by atoms with Crippen LogP contribution in [-0.4, -0.2) is 31.3 Å². The highest BCUT2D eigenvalue weighted by Crippen LogP contribution is 2.29. The molecule has 0 spiro atoms. The van der Waals surface area contributed by atoms with Crippen LogP contribution >= 0.6 is 11.8 Å². The Balaban J connectivity index is 1.55. The number of carbonyl (C=O) groups excluding carboxylic acids is 1. The Morgan fingerprint density at radius 1 is 1.00 bits per heavy atom. The van der Waals surface area contributed by atoms with Crippen molar-refractivity contribution in [3.8, 4) is 17.1 Å². The zero-order chi connectivity index (χ0) is 22.5. The lowest BCUT2D eigenvalue weighted by atomic mass is 10.1. The zero-order valence-electron chi connectivity index (χ0n) is 17.1. The number of nitro benzene ring substituents is 1. The third kappa shape index (κ3) is 4.68. The first-order valence-corrected chi connectivity index (χ1v) is 10.8. The van der Waals surface area contributed by atoms with Gasteiger partial charge in [-0.05, 0) is 36.8 Å². The van der Waals surface area contributed by atoms with Crippen molar-refractivity contribution in [2.75, 3.05) is 11.1 Å². The molecule has 3 aromatic carbocycles. The van der Waals surface area contributed by atoms with Gasteiger partial charge in [-0.25, -0.2) is 0 Å². The molecule has 0 aliphatic heterocycles. The minimum Gasteiger partial charge on any atom is -0.325 e. The average molecular weight is 446 g/mol. The number of rotatable bonds is 7. The van der Waals surface area contributed by atoms with E-state index in [4.69, 9.17) is 0 Å². The number of benzene rings is 3. The molecule has 0 saturated heterocycles. The highest BCUT2D eigenvalue weighted by molar-refractivity contribution is 7.99. The van der Waals surface area contributed by atoms with Gasteiger partial charge in [0.15, 0.2) is 11.0 Å². The van der Waals surface area contributed by atoms with Crippen molar-refractivity contribution < 1.29 is 9.72 Å². The van der Waals surface area contributed by atoms with E-state index in [2.05, 4.69) is 15.5 Å². The number of carbonyl (C=O) groups is 1. The van der Waals surface area contributed by atoms with Gasteiger partial charge in [-0.2, -0.15) is 0 Å². The van der Waals surface area contributed by atoms with Gasteiger partial charge >= 0.3 is 0 Å². The monoisotopic (exact) mass is 445 g/mol. The summed E-state index contributed by atoms with van der Waals surface area (Å²) in [7, 11) is 0. The lowest BCUT2D eigenvalue weighted by Crippen LogP contribution is -2.14. The number of thioether (sulfide) groups is 1. The van der Waals surface area contributed by atoms with Crippen molar-refractivity contribution in [1.29, 1.82) is 0 Å². The molecule has 160 valence electrons. The van der Waals surface area contributed by atoms with Gasteiger partial charge < -0.3 is 5.32 Å². The van der Waals surface area contributed by atoms with Gasteiger partial charge in [0.25, 0.3) is 5.69 Å². The van der Waals surface area contributed by atoms with Crippen molar-refractivity contribution in [3.05, 3.63) is 94.5 Å². The van der Waals surface area contributed by atoms with Crippen LogP contribution in [0, 0.1) is 17.0 Å². The van der Waals surface area contributed by atoms with E-state index in [1.54, 1.807) is 0 Å². The Morgan fingerprint density at radius 3 is 2.38 bits per heavy atom. The van der Waals surface area contributed by atoms with Crippen molar-refractivity contribution in [1.82, 2.24) is 14.8 Å². The number of aromatic nitrogens is 3. The van der Waals surface area contributed by atoms with Gasteiger partial charge in [-0.3, -0.25) is 19.5 Å². The second-order valence-corrected chi connectivity index (χ2v) is 7.88. The molecule has 0 atom stereocenters. The minimum absolute atomic E-state index is 0.0305. The summed E-state index contributed by atoms with van der Waals surface area (Å²) in [4.78, 5) is 22.7. The van der Waals surface area contributed by atoms with Crippen LogP contribution in [0.15, 0.2) is 84.0 Å². The molecule has 4 rings (SSSR count). The molecule has 0 aliphatic rings. The van der Waals surface area contributed by atoms with Crippen LogP contribution in [0.5, 0.6) is 0 Å². The first-order valence-electron chi connectivity index (χ1n) is 9.77. The Kier molecular flexibility index (Phi) is 6.27. The molecule has 9 heteroatoms. The standard InChI is InChI=1S/C23H19N5O3S/c1-16-7-5-6-10-20(16)22-25-26-23(27(22)18-8-3-2-4-9-18)32-15-21(29)24-17-11-13-19(14-12-17)28(30)31/h2-14H,15H2,1H3,(H,24,29). The summed E-state index contributed by atoms with van der Waals surface area (Å²) in [5.41, 5.74) is 3.40. The lowest BCUT2D eigenvalue weighted by molar-refractivity contribution is -0.384. The third-order valence-electron chi connectivity index (χ3n) is 4.73. The van der Waals surface area contributed by atoms with Crippen LogP contribution < -0.4 is 5.32 Å². The van der Waals surface area contributed by atoms with Gasteiger partial charge in [0.2, 0.25) is 5.91 Å². The van der Waals surface area contributed by atoms with Crippen molar-refractivity contribution >= 4 is 29.0 Å². The molecule has 1 heterocycles. The molecule has 0 fully saturated rings. The lowest BCUT2D eigenvalue weighted by Gasteiger charge is -2.11. The van der Waals surface area contributed by atoms with Gasteiger partial charge in [0.05, 0.1) is 10.7 Å². The zero-order valence-corrected chi connectivity index (χ0v) is 18.0. The van der Waals surface area contributed by atoms with E-state index < -0.39 is 4.92 Å². The highest BCUT2D eigenvalue weighted by Gasteiger charge is 2.18. The quantitative estimate of drug-likeness (QED) is 0.247. The Bertz CT molecular complexity index is 1260.